The molecule has 0 saturated carbocycles. The second-order valence-electron chi connectivity index (χ2n) is 7.71. The summed E-state index contributed by atoms with van der Waals surface area (Å²) in [6, 6.07) is 11.6. The highest BCUT2D eigenvalue weighted by Crippen LogP contribution is 2.21. The van der Waals surface area contributed by atoms with Gasteiger partial charge in [-0.25, -0.2) is 8.42 Å². The highest BCUT2D eigenvalue weighted by molar-refractivity contribution is 7.91. The molecule has 3 rings (SSSR count). The molecule has 0 spiro atoms. The van der Waals surface area contributed by atoms with E-state index in [0.717, 1.165) is 11.1 Å². The van der Waals surface area contributed by atoms with Crippen molar-refractivity contribution < 1.29 is 23.4 Å². The van der Waals surface area contributed by atoms with Gasteiger partial charge in [0, 0.05) is 50.4 Å². The Morgan fingerprint density at radius 1 is 0.938 bits per heavy atom. The maximum absolute atomic E-state index is 12.0. The van der Waals surface area contributed by atoms with Gasteiger partial charge >= 0.3 is 0 Å². The van der Waals surface area contributed by atoms with Crippen molar-refractivity contribution in [2.45, 2.75) is 25.2 Å². The summed E-state index contributed by atoms with van der Waals surface area (Å²) in [6.45, 7) is 1.71. The van der Waals surface area contributed by atoms with E-state index < -0.39 is 31.8 Å². The Hall–Kier alpha value is -2.93. The predicted octanol–water partition coefficient (Wildman–Crippen LogP) is 1.25. The molecule has 0 unspecified atom stereocenters. The number of nitrogens with zero attached hydrogens (tertiary/aromatic N) is 3. The molecule has 32 heavy (non-hydrogen) atoms. The summed E-state index contributed by atoms with van der Waals surface area (Å²) in [5.41, 5.74) is 1.61. The smallest absolute Gasteiger partial charge is 0.269 e. The molecular weight excluding hydrogens is 440 g/mol. The van der Waals surface area contributed by atoms with E-state index in [4.69, 9.17) is 0 Å². The summed E-state index contributed by atoms with van der Waals surface area (Å²) in [5.74, 6) is -0.436. The molecule has 172 valence electrons. The molecule has 1 heterocycles. The van der Waals surface area contributed by atoms with E-state index in [1.54, 1.807) is 24.3 Å². The van der Waals surface area contributed by atoms with Gasteiger partial charge in [0.15, 0.2) is 9.84 Å². The molecule has 2 N–H and O–H groups in total. The molecule has 1 fully saturated rings. The third kappa shape index (κ3) is 6.29. The van der Waals surface area contributed by atoms with Gasteiger partial charge in [-0.05, 0) is 11.1 Å². The molecule has 2 aromatic rings. The molecule has 2 aromatic carbocycles. The first-order valence-electron chi connectivity index (χ1n) is 9.94. The zero-order valence-corrected chi connectivity index (χ0v) is 18.0. The molecule has 0 aromatic heterocycles. The molecule has 0 aliphatic carbocycles. The monoisotopic (exact) mass is 464 g/mol. The number of nitrogens with one attached hydrogen (secondary N) is 1. The second kappa shape index (κ2) is 10.1. The molecule has 1 saturated heterocycles. The van der Waals surface area contributed by atoms with Crippen molar-refractivity contribution >= 4 is 21.2 Å². The van der Waals surface area contributed by atoms with E-state index in [1.165, 1.54) is 24.3 Å². The summed E-state index contributed by atoms with van der Waals surface area (Å²) in [6.07, 6.45) is -1.01. The van der Waals surface area contributed by atoms with E-state index in [9.17, 15) is 33.8 Å². The minimum Gasteiger partial charge on any atom is -0.390 e. The van der Waals surface area contributed by atoms with Crippen molar-refractivity contribution in [1.29, 1.82) is 0 Å². The van der Waals surface area contributed by atoms with Crippen LogP contribution in [0.5, 0.6) is 0 Å². The van der Waals surface area contributed by atoms with E-state index >= 15 is 0 Å². The summed E-state index contributed by atoms with van der Waals surface area (Å²) in [7, 11) is -3.34. The highest BCUT2D eigenvalue weighted by atomic mass is 32.2. The molecular formula is C20H24N4O7S. The summed E-state index contributed by atoms with van der Waals surface area (Å²) in [5, 5.41) is 35.1. The fraction of sp³-hybridized carbons (Fsp3) is 0.400. The van der Waals surface area contributed by atoms with Crippen LogP contribution in [0.3, 0.4) is 0 Å². The van der Waals surface area contributed by atoms with Crippen LogP contribution in [0.4, 0.5) is 11.4 Å². The van der Waals surface area contributed by atoms with Crippen LogP contribution < -0.4 is 5.32 Å². The van der Waals surface area contributed by atoms with Crippen LogP contribution in [0.2, 0.25) is 0 Å². The third-order valence-corrected chi connectivity index (χ3v) is 7.05. The van der Waals surface area contributed by atoms with Crippen LogP contribution in [0, 0.1) is 20.2 Å². The first-order chi connectivity index (χ1) is 15.1. The van der Waals surface area contributed by atoms with Gasteiger partial charge in [0.05, 0.1) is 33.5 Å². The van der Waals surface area contributed by atoms with Gasteiger partial charge in [0.1, 0.15) is 0 Å². The fourth-order valence-corrected chi connectivity index (χ4v) is 5.50. The lowest BCUT2D eigenvalue weighted by Gasteiger charge is -2.30. The normalized spacial score (nSPS) is 19.8. The number of aliphatic hydroxyl groups is 1. The first-order valence-corrected chi connectivity index (χ1v) is 11.8. The van der Waals surface area contributed by atoms with Crippen LogP contribution in [-0.4, -0.2) is 65.0 Å². The number of hydrogen-bond donors (Lipinski definition) is 2. The average Bonchev–Trinajstić information content (AvgIpc) is 3.03. The molecule has 12 heteroatoms. The summed E-state index contributed by atoms with van der Waals surface area (Å²) in [4.78, 5) is 22.5. The van der Waals surface area contributed by atoms with Crippen molar-refractivity contribution in [3.8, 4) is 0 Å². The van der Waals surface area contributed by atoms with E-state index in [1.807, 2.05) is 4.90 Å². The maximum atomic E-state index is 12.0. The Kier molecular flexibility index (Phi) is 7.51. The van der Waals surface area contributed by atoms with Crippen molar-refractivity contribution in [3.05, 3.63) is 79.9 Å². The van der Waals surface area contributed by atoms with Gasteiger partial charge in [-0.1, -0.05) is 24.3 Å². The van der Waals surface area contributed by atoms with Gasteiger partial charge in [-0.2, -0.15) is 0 Å². The number of benzene rings is 2. The highest BCUT2D eigenvalue weighted by Gasteiger charge is 2.39. The Bertz CT molecular complexity index is 1060. The molecule has 2 atom stereocenters. The quantitative estimate of drug-likeness (QED) is 0.300. The SMILES string of the molecule is O=[N+]([O-])c1ccc(CNCCN(Cc2ccc([N+](=O)[O-])cc2)[C@@H]2CS(=O)(=O)C[C@@H]2O)cc1. The standard InChI is InChI=1S/C20H24N4O7S/c25-20-14-32(30,31)13-19(20)22(12-16-3-7-18(8-4-16)24(28)29)10-9-21-11-15-1-5-17(6-2-15)23(26)27/h1-8,19-21,25H,9-14H2/t19-,20+/m1/s1. The van der Waals surface area contributed by atoms with Gasteiger partial charge in [0.2, 0.25) is 0 Å². The minimum absolute atomic E-state index is 0.0134. The second-order valence-corrected chi connectivity index (χ2v) is 9.86. The number of hydrogen-bond acceptors (Lipinski definition) is 9. The fourth-order valence-electron chi connectivity index (χ4n) is 3.67. The lowest BCUT2D eigenvalue weighted by molar-refractivity contribution is -0.385. The van der Waals surface area contributed by atoms with Gasteiger partial charge in [-0.15, -0.1) is 0 Å². The molecule has 0 bridgehead atoms. The Balaban J connectivity index is 1.63. The number of sulfone groups is 1. The predicted molar refractivity (Wildman–Crippen MR) is 117 cm³/mol. The molecule has 1 aliphatic rings. The largest absolute Gasteiger partial charge is 0.390 e. The van der Waals surface area contributed by atoms with Crippen molar-refractivity contribution in [2.75, 3.05) is 24.6 Å². The van der Waals surface area contributed by atoms with Crippen LogP contribution in [0.15, 0.2) is 48.5 Å². The number of non-ortho nitro benzene ring substituents is 2. The number of rotatable bonds is 10. The molecule has 11 nitrogen and oxygen atoms in total. The lowest BCUT2D eigenvalue weighted by atomic mass is 10.1. The zero-order chi connectivity index (χ0) is 23.3. The Morgan fingerprint density at radius 2 is 1.47 bits per heavy atom. The molecule has 1 aliphatic heterocycles. The van der Waals surface area contributed by atoms with Crippen LogP contribution >= 0.6 is 0 Å². The van der Waals surface area contributed by atoms with E-state index in [-0.39, 0.29) is 22.9 Å². The van der Waals surface area contributed by atoms with Gasteiger partial charge < -0.3 is 10.4 Å². The van der Waals surface area contributed by atoms with Gasteiger partial charge in [-0.3, -0.25) is 25.1 Å². The maximum Gasteiger partial charge on any atom is 0.269 e. The number of aliphatic hydroxyl groups excluding tert-OH is 1. The van der Waals surface area contributed by atoms with Crippen molar-refractivity contribution in [2.24, 2.45) is 0 Å². The molecule has 0 amide bonds. The third-order valence-electron chi connectivity index (χ3n) is 5.35. The Morgan fingerprint density at radius 3 is 1.94 bits per heavy atom. The topological polar surface area (TPSA) is 156 Å². The number of nitro benzene ring substituents is 2. The van der Waals surface area contributed by atoms with Crippen molar-refractivity contribution in [1.82, 2.24) is 10.2 Å². The van der Waals surface area contributed by atoms with Crippen molar-refractivity contribution in [3.63, 3.8) is 0 Å². The van der Waals surface area contributed by atoms with E-state index in [0.29, 0.717) is 26.2 Å². The lowest BCUT2D eigenvalue weighted by Crippen LogP contribution is -2.45. The van der Waals surface area contributed by atoms with Crippen LogP contribution in [0.25, 0.3) is 0 Å². The number of nitro groups is 2. The average molecular weight is 465 g/mol. The first kappa shape index (κ1) is 23.7. The van der Waals surface area contributed by atoms with Crippen LogP contribution in [-0.2, 0) is 22.9 Å². The van der Waals surface area contributed by atoms with Gasteiger partial charge in [0.25, 0.3) is 11.4 Å². The molecule has 0 radical (unpaired) electrons. The van der Waals surface area contributed by atoms with Crippen LogP contribution in [0.1, 0.15) is 11.1 Å². The summed E-state index contributed by atoms with van der Waals surface area (Å²) >= 11 is 0. The zero-order valence-electron chi connectivity index (χ0n) is 17.2. The summed E-state index contributed by atoms with van der Waals surface area (Å²) < 4.78 is 24.0. The van der Waals surface area contributed by atoms with E-state index in [2.05, 4.69) is 5.32 Å². The Labute approximate surface area is 184 Å². The minimum atomic E-state index is -3.34.